The maximum Gasteiger partial charge on any atom is 0.339 e. The predicted molar refractivity (Wildman–Crippen MR) is 110 cm³/mol. The first-order chi connectivity index (χ1) is 15.1. The number of sulfonamides is 1. The van der Waals surface area contributed by atoms with E-state index < -0.39 is 26.9 Å². The molecule has 2 N–H and O–H groups in total. The van der Waals surface area contributed by atoms with Gasteiger partial charge in [0.2, 0.25) is 24.1 Å². The number of nitrogens with one attached hydrogen (secondary N) is 2. The lowest BCUT2D eigenvalue weighted by molar-refractivity contribution is -0.117. The summed E-state index contributed by atoms with van der Waals surface area (Å²) >= 11 is 0. The second kappa shape index (κ2) is 10.4. The van der Waals surface area contributed by atoms with E-state index >= 15 is 0 Å². The fraction of sp³-hybridized carbons (Fsp3) is 0.278. The van der Waals surface area contributed by atoms with Crippen LogP contribution in [0.5, 0.6) is 11.8 Å². The maximum atomic E-state index is 12.9. The van der Waals surface area contributed by atoms with Crippen LogP contribution in [0.4, 0.5) is 10.7 Å². The minimum Gasteiger partial charge on any atom is -0.481 e. The fourth-order valence-corrected chi connectivity index (χ4v) is 3.62. The highest BCUT2D eigenvalue weighted by atomic mass is 32.2. The van der Waals surface area contributed by atoms with Crippen molar-refractivity contribution in [3.8, 4) is 11.8 Å². The van der Waals surface area contributed by atoms with E-state index in [9.17, 15) is 22.8 Å². The van der Waals surface area contributed by atoms with Crippen molar-refractivity contribution < 1.29 is 37.0 Å². The minimum atomic E-state index is -4.55. The Labute approximate surface area is 183 Å². The van der Waals surface area contributed by atoms with Crippen LogP contribution in [0.1, 0.15) is 15.9 Å². The summed E-state index contributed by atoms with van der Waals surface area (Å²) in [4.78, 5) is 43.7. The van der Waals surface area contributed by atoms with Crippen molar-refractivity contribution in [3.05, 3.63) is 35.4 Å². The largest absolute Gasteiger partial charge is 0.481 e. The number of esters is 1. The van der Waals surface area contributed by atoms with Gasteiger partial charge in [-0.1, -0.05) is 6.07 Å². The van der Waals surface area contributed by atoms with Gasteiger partial charge in [0.15, 0.2) is 0 Å². The molecule has 2 aromatic rings. The van der Waals surface area contributed by atoms with Crippen molar-refractivity contribution in [1.29, 1.82) is 0 Å². The third-order valence-electron chi connectivity index (χ3n) is 3.90. The Kier molecular flexibility index (Phi) is 7.90. The Hall–Kier alpha value is -3.94. The summed E-state index contributed by atoms with van der Waals surface area (Å²) in [6.07, 6.45) is 0.552. The van der Waals surface area contributed by atoms with Gasteiger partial charge in [-0.25, -0.2) is 22.7 Å². The maximum absolute atomic E-state index is 12.9. The number of amides is 3. The fourth-order valence-electron chi connectivity index (χ4n) is 2.46. The van der Waals surface area contributed by atoms with Gasteiger partial charge in [-0.05, 0) is 17.7 Å². The number of benzene rings is 1. The van der Waals surface area contributed by atoms with Gasteiger partial charge in [0, 0.05) is 13.6 Å². The first-order valence-corrected chi connectivity index (χ1v) is 10.3. The number of carbonyl (C=O) groups excluding carboxylic acids is 3. The normalized spacial score (nSPS) is 10.6. The Morgan fingerprint density at radius 2 is 1.72 bits per heavy atom. The summed E-state index contributed by atoms with van der Waals surface area (Å²) in [6.45, 7) is 0.0666. The molecule has 32 heavy (non-hydrogen) atoms. The van der Waals surface area contributed by atoms with Crippen molar-refractivity contribution in [1.82, 2.24) is 19.6 Å². The molecule has 172 valence electrons. The van der Waals surface area contributed by atoms with E-state index in [1.165, 1.54) is 44.4 Å². The molecule has 0 fully saturated rings. The number of hydrogen-bond acceptors (Lipinski definition) is 10. The first kappa shape index (κ1) is 24.3. The van der Waals surface area contributed by atoms with Crippen LogP contribution in [0.25, 0.3) is 0 Å². The first-order valence-electron chi connectivity index (χ1n) is 8.81. The second-order valence-electron chi connectivity index (χ2n) is 6.18. The Morgan fingerprint density at radius 1 is 1.09 bits per heavy atom. The zero-order valence-electron chi connectivity index (χ0n) is 17.6. The average Bonchev–Trinajstić information content (AvgIpc) is 2.77. The molecule has 0 saturated carbocycles. The molecular formula is C18H21N5O8S. The van der Waals surface area contributed by atoms with Crippen LogP contribution in [-0.2, 0) is 26.1 Å². The van der Waals surface area contributed by atoms with E-state index in [4.69, 9.17) is 9.47 Å². The van der Waals surface area contributed by atoms with Gasteiger partial charge >= 0.3 is 12.0 Å². The quantitative estimate of drug-likeness (QED) is 0.389. The number of hydrogen-bond donors (Lipinski definition) is 2. The molecule has 0 unspecified atom stereocenters. The summed E-state index contributed by atoms with van der Waals surface area (Å²) in [6, 6.07) is 3.99. The molecule has 1 aromatic heterocycles. The summed E-state index contributed by atoms with van der Waals surface area (Å²) < 4.78 is 42.1. The van der Waals surface area contributed by atoms with Gasteiger partial charge in [0.05, 0.1) is 33.0 Å². The summed E-state index contributed by atoms with van der Waals surface area (Å²) in [7, 11) is 0.689. The van der Waals surface area contributed by atoms with Crippen LogP contribution in [0.3, 0.4) is 0 Å². The molecule has 14 heteroatoms. The zero-order valence-corrected chi connectivity index (χ0v) is 18.4. The van der Waals surface area contributed by atoms with Crippen LogP contribution in [0.2, 0.25) is 0 Å². The molecule has 0 bridgehead atoms. The van der Waals surface area contributed by atoms with E-state index in [0.29, 0.717) is 12.0 Å². The van der Waals surface area contributed by atoms with Gasteiger partial charge in [-0.15, -0.1) is 0 Å². The molecule has 1 heterocycles. The van der Waals surface area contributed by atoms with Gasteiger partial charge in [0.1, 0.15) is 4.90 Å². The number of methoxy groups -OCH3 is 3. The van der Waals surface area contributed by atoms with Crippen molar-refractivity contribution in [2.24, 2.45) is 0 Å². The number of carbonyl (C=O) groups is 3. The predicted octanol–water partition coefficient (Wildman–Crippen LogP) is 0.379. The molecule has 2 rings (SSSR count). The molecule has 0 atom stereocenters. The van der Waals surface area contributed by atoms with E-state index in [0.717, 1.165) is 13.2 Å². The van der Waals surface area contributed by atoms with Crippen LogP contribution >= 0.6 is 0 Å². The average molecular weight is 467 g/mol. The molecular weight excluding hydrogens is 446 g/mol. The minimum absolute atomic E-state index is 0.0648. The van der Waals surface area contributed by atoms with E-state index in [-0.39, 0.29) is 29.8 Å². The summed E-state index contributed by atoms with van der Waals surface area (Å²) in [5, 5.41) is 2.15. The third-order valence-corrected chi connectivity index (χ3v) is 5.27. The topological polar surface area (TPSA) is 166 Å². The number of anilines is 1. The summed E-state index contributed by atoms with van der Waals surface area (Å²) in [5.74, 6) is -1.09. The van der Waals surface area contributed by atoms with Crippen LogP contribution < -0.4 is 19.5 Å². The molecule has 0 spiro atoms. The number of aromatic nitrogens is 2. The molecule has 0 aliphatic rings. The van der Waals surface area contributed by atoms with Gasteiger partial charge in [-0.2, -0.15) is 9.97 Å². The zero-order chi connectivity index (χ0) is 23.9. The van der Waals surface area contributed by atoms with Gasteiger partial charge < -0.3 is 19.1 Å². The monoisotopic (exact) mass is 467 g/mol. The van der Waals surface area contributed by atoms with Crippen LogP contribution in [0.15, 0.2) is 29.2 Å². The van der Waals surface area contributed by atoms with E-state index in [2.05, 4.69) is 20.0 Å². The Morgan fingerprint density at radius 3 is 2.25 bits per heavy atom. The van der Waals surface area contributed by atoms with Crippen molar-refractivity contribution in [3.63, 3.8) is 0 Å². The van der Waals surface area contributed by atoms with Crippen molar-refractivity contribution >= 4 is 34.4 Å². The molecule has 1 aromatic carbocycles. The lowest BCUT2D eigenvalue weighted by Gasteiger charge is -2.15. The molecule has 0 aliphatic heterocycles. The highest BCUT2D eigenvalue weighted by Gasteiger charge is 2.26. The highest BCUT2D eigenvalue weighted by molar-refractivity contribution is 7.90. The highest BCUT2D eigenvalue weighted by Crippen LogP contribution is 2.21. The standard InChI is InChI=1S/C18H21N5O8S/c1-23(10-24)9-11-5-6-12(16(25)31-4)13(7-11)32(27,28)22-18(26)21-17-19-14(29-2)8-15(20-17)30-3/h5-8,10H,9H2,1-4H3,(H2,19,20,21,22,26). The molecule has 0 saturated heterocycles. The SMILES string of the molecule is COC(=O)c1ccc(CN(C)C=O)cc1S(=O)(=O)NC(=O)Nc1nc(OC)cc(OC)n1. The van der Waals surface area contributed by atoms with E-state index in [1.807, 2.05) is 0 Å². The van der Waals surface area contributed by atoms with Crippen molar-refractivity contribution in [2.45, 2.75) is 11.4 Å². The lowest BCUT2D eigenvalue weighted by atomic mass is 10.1. The molecule has 0 radical (unpaired) electrons. The van der Waals surface area contributed by atoms with Gasteiger partial charge in [0.25, 0.3) is 10.0 Å². The van der Waals surface area contributed by atoms with Crippen molar-refractivity contribution in [2.75, 3.05) is 33.7 Å². The number of ether oxygens (including phenoxy) is 3. The van der Waals surface area contributed by atoms with Crippen LogP contribution in [0, 0.1) is 0 Å². The Bertz CT molecular complexity index is 1100. The molecule has 0 aliphatic carbocycles. The van der Waals surface area contributed by atoms with E-state index in [1.54, 1.807) is 4.72 Å². The lowest BCUT2D eigenvalue weighted by Crippen LogP contribution is -2.35. The number of nitrogens with zero attached hydrogens (tertiary/aromatic N) is 3. The number of urea groups is 1. The molecule has 3 amide bonds. The third kappa shape index (κ3) is 6.04. The smallest absolute Gasteiger partial charge is 0.339 e. The molecule has 13 nitrogen and oxygen atoms in total. The van der Waals surface area contributed by atoms with Gasteiger partial charge in [-0.3, -0.25) is 10.1 Å². The summed E-state index contributed by atoms with van der Waals surface area (Å²) in [5.41, 5.74) is 0.0958. The Balaban J connectivity index is 2.35. The second-order valence-corrected chi connectivity index (χ2v) is 7.83. The van der Waals surface area contributed by atoms with Crippen LogP contribution in [-0.4, -0.2) is 70.1 Å². The number of rotatable bonds is 9.